The molecule has 1 aliphatic rings. The van der Waals surface area contributed by atoms with Gasteiger partial charge in [-0.3, -0.25) is 32.9 Å². The number of hydrogen-bond donors (Lipinski definition) is 5. The van der Waals surface area contributed by atoms with E-state index in [-0.39, 0.29) is 59.6 Å². The van der Waals surface area contributed by atoms with Gasteiger partial charge in [-0.2, -0.15) is 0 Å². The minimum atomic E-state index is -5.94. The molecule has 0 bridgehead atoms. The number of Topliss-reactive ketones (excluding diaryl/α,β-unsaturated/α-hetero) is 1. The molecule has 2 amide bonds. The molecule has 7 atom stereocenters. The fraction of sp³-hybridized carbons (Fsp3) is 0.642. The van der Waals surface area contributed by atoms with Gasteiger partial charge in [0.2, 0.25) is 11.8 Å². The molecule has 3 rings (SSSR count). The van der Waals surface area contributed by atoms with Crippen molar-refractivity contribution >= 4 is 74.9 Å². The molecule has 1 fully saturated rings. The van der Waals surface area contributed by atoms with Crippen LogP contribution in [0.15, 0.2) is 73.4 Å². The molecule has 462 valence electrons. The molecule has 2 aromatic heterocycles. The van der Waals surface area contributed by atoms with Gasteiger partial charge in [-0.15, -0.1) is 0 Å². The number of fused-ring (bicyclic) bond motifs is 1. The number of nitrogens with one attached hydrogen (secondary N) is 2. The normalized spacial score (nSPS) is 19.0. The first-order valence-electron chi connectivity index (χ1n) is 27.7. The van der Waals surface area contributed by atoms with Crippen molar-refractivity contribution in [3.63, 3.8) is 0 Å². The van der Waals surface area contributed by atoms with Crippen LogP contribution in [0.2, 0.25) is 0 Å². The molecule has 29 heteroatoms. The average Bonchev–Trinajstić information content (AvgIpc) is 4.16. The Kier molecular flexibility index (Phi) is 34.1. The minimum absolute atomic E-state index is 0.0266. The number of ketones is 1. The second-order valence-electron chi connectivity index (χ2n) is 20.1. The lowest BCUT2D eigenvalue weighted by atomic mass is 9.87. The summed E-state index contributed by atoms with van der Waals surface area (Å²) >= 11 is 0.927. The van der Waals surface area contributed by atoms with E-state index in [0.29, 0.717) is 6.42 Å². The highest BCUT2D eigenvalue weighted by Gasteiger charge is 2.47. The number of nitrogens with two attached hydrogens (primary N) is 1. The number of imidazole rings is 1. The van der Waals surface area contributed by atoms with Gasteiger partial charge >= 0.3 is 0 Å². The van der Waals surface area contributed by atoms with Crippen LogP contribution in [0, 0.1) is 5.41 Å². The predicted octanol–water partition coefficient (Wildman–Crippen LogP) is 5.92. The number of unbranched alkanes of at least 4 members (excludes halogenated alkanes) is 11. The fourth-order valence-electron chi connectivity index (χ4n) is 8.12. The van der Waals surface area contributed by atoms with Gasteiger partial charge in [-0.25, -0.2) is 19.3 Å². The molecule has 6 N–H and O–H groups in total. The zero-order chi connectivity index (χ0) is 60.4. The number of ether oxygens (including phenoxy) is 1. The number of aliphatic hydroxyl groups excluding tert-OH is 2. The van der Waals surface area contributed by atoms with E-state index < -0.39 is 84.6 Å². The Hall–Kier alpha value is -4.07. The van der Waals surface area contributed by atoms with Gasteiger partial charge in [0, 0.05) is 37.1 Å². The van der Waals surface area contributed by atoms with Crippen molar-refractivity contribution in [3.8, 4) is 0 Å². The average molecular weight is 1230 g/mol. The van der Waals surface area contributed by atoms with Gasteiger partial charge in [0.25, 0.3) is 15.6 Å². The second kappa shape index (κ2) is 38.8. The van der Waals surface area contributed by atoms with Gasteiger partial charge in [-0.05, 0) is 51.4 Å². The molecule has 0 aliphatic carbocycles. The number of carbonyl (C=O) groups excluding carboxylic acids is 4. The number of amides is 2. The summed E-state index contributed by atoms with van der Waals surface area (Å²) in [7, 11) is -17.7. The molecular formula is C53H82N7O18P3S-4. The molecule has 82 heavy (non-hydrogen) atoms. The Morgan fingerprint density at radius 3 is 1.94 bits per heavy atom. The molecule has 1 saturated heterocycles. The van der Waals surface area contributed by atoms with E-state index in [1.807, 2.05) is 0 Å². The van der Waals surface area contributed by atoms with Gasteiger partial charge in [0.15, 0.2) is 22.8 Å². The van der Waals surface area contributed by atoms with Crippen molar-refractivity contribution < 1.29 is 85.3 Å². The predicted molar refractivity (Wildman–Crippen MR) is 302 cm³/mol. The van der Waals surface area contributed by atoms with E-state index >= 15 is 0 Å². The first kappa shape index (κ1) is 72.2. The minimum Gasteiger partial charge on any atom is -0.790 e. The summed E-state index contributed by atoms with van der Waals surface area (Å²) in [5.41, 5.74) is 4.05. The van der Waals surface area contributed by atoms with Crippen molar-refractivity contribution in [3.05, 3.63) is 73.4 Å². The van der Waals surface area contributed by atoms with Crippen LogP contribution in [0.4, 0.5) is 5.82 Å². The Balaban J connectivity index is 1.18. The largest absolute Gasteiger partial charge is 0.790 e. The number of aromatic nitrogens is 4. The number of rotatable bonds is 44. The summed E-state index contributed by atoms with van der Waals surface area (Å²) < 4.78 is 61.0. The number of nitrogens with zero attached hydrogens (tertiary/aromatic N) is 4. The molecule has 1 aliphatic heterocycles. The maximum absolute atomic E-state index is 12.7. The highest BCUT2D eigenvalue weighted by atomic mass is 32.2. The lowest BCUT2D eigenvalue weighted by Gasteiger charge is -2.36. The number of phosphoric acid groups is 3. The van der Waals surface area contributed by atoms with Crippen molar-refractivity contribution in [2.24, 2.45) is 5.41 Å². The topological polar surface area (TPSA) is 392 Å². The maximum atomic E-state index is 12.7. The number of thioether (sulfide) groups is 1. The van der Waals surface area contributed by atoms with E-state index in [0.717, 1.165) is 93.2 Å². The lowest BCUT2D eigenvalue weighted by molar-refractivity contribution is -0.347. The molecular weight excluding hydrogens is 1150 g/mol. The summed E-state index contributed by atoms with van der Waals surface area (Å²) in [6.07, 6.45) is 33.3. The Labute approximate surface area is 484 Å². The number of allylic oxidation sites excluding steroid dienone is 10. The van der Waals surface area contributed by atoms with Crippen LogP contribution in [0.5, 0.6) is 0 Å². The number of phosphoric ester groups is 3. The van der Waals surface area contributed by atoms with E-state index in [4.69, 9.17) is 10.5 Å². The SMILES string of the molecule is CC/C=C\C/C=C\C/C=C\C/C=C\C/C=C\CCCCCCCCCCCCCC(=O)CC(=O)SCCNC(=O)CCNC(=O)[C@H](O)C(C)(C)COP(=O)([O-])OP(=O)([O-])OC[C@H]1O[C@@H](n2cnc3c(N)ncnc32)[C@H](O)[C@@H]1OP(=O)([O-])[O-]. The van der Waals surface area contributed by atoms with Gasteiger partial charge in [0.1, 0.15) is 42.0 Å². The number of nitrogen functional groups attached to an aromatic ring is 1. The van der Waals surface area contributed by atoms with Crippen LogP contribution in [0.1, 0.15) is 155 Å². The standard InChI is InChI=1S/C53H86N7O18P3S/c1-4-5-6-7-8-9-10-11-12-13-14-15-16-17-18-19-20-21-22-23-24-25-26-27-28-29-30-31-41(61)36-44(63)82-35-34-55-43(62)32-33-56-51(66)48(65)53(2,3)38-75-81(72,73)78-80(70,71)74-37-42-47(77-79(67,68)69)46(64)52(76-42)60-40-59-45-49(54)57-39-58-50(45)60/h5-6,8-9,11-12,14-15,17-18,39-40,42,46-48,52,64-65H,4,7,10,13,16,19-38H2,1-3H3,(H,55,62)(H,56,66)(H,70,71)(H,72,73)(H2,54,57,58)(H2,67,68,69)/p-4/b6-5-,9-8-,12-11-,15-14-,18-17-/t42-,46-,47-,48+,52-/m1/s1. The lowest BCUT2D eigenvalue weighted by Crippen LogP contribution is -2.46. The van der Waals surface area contributed by atoms with Crippen molar-refractivity contribution in [1.82, 2.24) is 30.2 Å². The molecule has 3 heterocycles. The summed E-state index contributed by atoms with van der Waals surface area (Å²) in [5, 5.41) is 26.1. The summed E-state index contributed by atoms with van der Waals surface area (Å²) in [6.45, 7) is 2.07. The molecule has 0 spiro atoms. The summed E-state index contributed by atoms with van der Waals surface area (Å²) in [5.74, 6) is -1.53. The van der Waals surface area contributed by atoms with Crippen LogP contribution in [0.3, 0.4) is 0 Å². The summed E-state index contributed by atoms with van der Waals surface area (Å²) in [6, 6.07) is 0. The molecule has 2 unspecified atom stereocenters. The van der Waals surface area contributed by atoms with Crippen LogP contribution in [-0.2, 0) is 55.5 Å². The van der Waals surface area contributed by atoms with E-state index in [2.05, 4.69) is 111 Å². The van der Waals surface area contributed by atoms with Crippen LogP contribution < -0.4 is 35.9 Å². The fourth-order valence-corrected chi connectivity index (χ4v) is 11.5. The molecule has 2 aromatic rings. The maximum Gasteiger partial charge on any atom is 0.274 e. The van der Waals surface area contributed by atoms with Crippen molar-refractivity contribution in [1.29, 1.82) is 0 Å². The van der Waals surface area contributed by atoms with Crippen LogP contribution >= 0.6 is 35.2 Å². The third kappa shape index (κ3) is 30.1. The van der Waals surface area contributed by atoms with Crippen molar-refractivity contribution in [2.45, 2.75) is 180 Å². The van der Waals surface area contributed by atoms with Gasteiger partial charge in [0.05, 0.1) is 33.8 Å². The molecule has 0 aromatic carbocycles. The smallest absolute Gasteiger partial charge is 0.274 e. The first-order valence-corrected chi connectivity index (χ1v) is 33.1. The highest BCUT2D eigenvalue weighted by molar-refractivity contribution is 8.13. The third-order valence-corrected chi connectivity index (χ3v) is 16.5. The number of anilines is 1. The monoisotopic (exact) mass is 1230 g/mol. The quantitative estimate of drug-likeness (QED) is 0.0222. The highest BCUT2D eigenvalue weighted by Crippen LogP contribution is 2.56. The Morgan fingerprint density at radius 1 is 0.780 bits per heavy atom. The third-order valence-electron chi connectivity index (χ3n) is 12.6. The molecule has 0 radical (unpaired) electrons. The molecule has 25 nitrogen and oxygen atoms in total. The zero-order valence-electron chi connectivity index (χ0n) is 47.0. The van der Waals surface area contributed by atoms with Crippen LogP contribution in [0.25, 0.3) is 11.2 Å². The van der Waals surface area contributed by atoms with E-state index in [9.17, 15) is 62.7 Å². The van der Waals surface area contributed by atoms with Gasteiger partial charge < -0.3 is 69.0 Å². The Bertz CT molecular complexity index is 2580. The number of carbonyl (C=O) groups is 4. The van der Waals surface area contributed by atoms with Gasteiger partial charge in [-0.1, -0.05) is 151 Å². The van der Waals surface area contributed by atoms with E-state index in [1.165, 1.54) is 58.8 Å². The van der Waals surface area contributed by atoms with E-state index in [1.54, 1.807) is 0 Å². The first-order chi connectivity index (χ1) is 38.9. The van der Waals surface area contributed by atoms with Crippen molar-refractivity contribution in [2.75, 3.05) is 37.8 Å². The number of hydrogen-bond acceptors (Lipinski definition) is 23. The summed E-state index contributed by atoms with van der Waals surface area (Å²) in [4.78, 5) is 110. The number of aliphatic hydroxyl groups is 2. The second-order valence-corrected chi connectivity index (χ2v) is 25.3. The Morgan fingerprint density at radius 2 is 1.34 bits per heavy atom. The zero-order valence-corrected chi connectivity index (χ0v) is 50.5. The van der Waals surface area contributed by atoms with Crippen LogP contribution in [-0.4, -0.2) is 109 Å². The molecule has 0 saturated carbocycles.